The minimum absolute atomic E-state index is 0.140. The Balaban J connectivity index is 1.41. The number of ether oxygens (including phenoxy) is 1. The largest absolute Gasteiger partial charge is 0.375 e. The number of amides is 2. The highest BCUT2D eigenvalue weighted by molar-refractivity contribution is 5.74. The van der Waals surface area contributed by atoms with Gasteiger partial charge in [0.15, 0.2) is 0 Å². The second-order valence-corrected chi connectivity index (χ2v) is 6.44. The molecule has 1 fully saturated rings. The molecule has 1 aromatic carbocycles. The summed E-state index contributed by atoms with van der Waals surface area (Å²) in [6.07, 6.45) is 3.49. The summed E-state index contributed by atoms with van der Waals surface area (Å²) in [4.78, 5) is 18.9. The van der Waals surface area contributed by atoms with Crippen molar-refractivity contribution in [2.24, 2.45) is 0 Å². The molecular weight excluding hydrogens is 328 g/mol. The van der Waals surface area contributed by atoms with E-state index in [0.717, 1.165) is 37.3 Å². The number of hydrogen-bond acceptors (Lipinski definition) is 4. The molecule has 1 aliphatic heterocycles. The van der Waals surface area contributed by atoms with Gasteiger partial charge in [-0.05, 0) is 30.5 Å². The summed E-state index contributed by atoms with van der Waals surface area (Å²) in [7, 11) is 1.66. The molecule has 1 unspecified atom stereocenters. The number of piperidine rings is 1. The van der Waals surface area contributed by atoms with Crippen LogP contribution >= 0.6 is 0 Å². The summed E-state index contributed by atoms with van der Waals surface area (Å²) in [6, 6.07) is 15.9. The molecule has 1 aromatic heterocycles. The average Bonchev–Trinajstić information content (AvgIpc) is 2.70. The fraction of sp³-hybridized carbons (Fsp3) is 0.400. The first-order valence-electron chi connectivity index (χ1n) is 9.04. The molecule has 0 saturated carbocycles. The second-order valence-electron chi connectivity index (χ2n) is 6.44. The molecule has 1 aliphatic rings. The van der Waals surface area contributed by atoms with Gasteiger partial charge in [0.1, 0.15) is 5.82 Å². The lowest BCUT2D eigenvalue weighted by Gasteiger charge is -2.33. The summed E-state index contributed by atoms with van der Waals surface area (Å²) in [5, 5.41) is 5.99. The third kappa shape index (κ3) is 4.95. The zero-order valence-electron chi connectivity index (χ0n) is 15.1. The highest BCUT2D eigenvalue weighted by Gasteiger charge is 2.21. The monoisotopic (exact) mass is 354 g/mol. The highest BCUT2D eigenvalue weighted by Crippen LogP contribution is 2.17. The van der Waals surface area contributed by atoms with Gasteiger partial charge in [-0.2, -0.15) is 0 Å². The molecule has 0 aliphatic carbocycles. The Labute approximate surface area is 154 Å². The maximum Gasteiger partial charge on any atom is 0.315 e. The van der Waals surface area contributed by atoms with Crippen molar-refractivity contribution in [2.45, 2.75) is 25.0 Å². The van der Waals surface area contributed by atoms with E-state index in [4.69, 9.17) is 4.74 Å². The van der Waals surface area contributed by atoms with Crippen LogP contribution in [0.2, 0.25) is 0 Å². The molecule has 6 nitrogen and oxygen atoms in total. The fourth-order valence-corrected chi connectivity index (χ4v) is 3.22. The normalized spacial score (nSPS) is 16.1. The van der Waals surface area contributed by atoms with Crippen LogP contribution in [0.3, 0.4) is 0 Å². The van der Waals surface area contributed by atoms with Crippen LogP contribution in [0, 0.1) is 0 Å². The Bertz CT molecular complexity index is 673. The molecule has 0 radical (unpaired) electrons. The number of carbonyl (C=O) groups excluding carboxylic acids is 1. The third-order valence-corrected chi connectivity index (χ3v) is 4.71. The van der Waals surface area contributed by atoms with Gasteiger partial charge >= 0.3 is 6.03 Å². The zero-order valence-corrected chi connectivity index (χ0v) is 15.1. The van der Waals surface area contributed by atoms with Gasteiger partial charge in [-0.15, -0.1) is 0 Å². The molecule has 26 heavy (non-hydrogen) atoms. The van der Waals surface area contributed by atoms with E-state index in [1.54, 1.807) is 7.11 Å². The van der Waals surface area contributed by atoms with Crippen molar-refractivity contribution in [1.29, 1.82) is 0 Å². The Kier molecular flexibility index (Phi) is 6.44. The van der Waals surface area contributed by atoms with Gasteiger partial charge in [-0.25, -0.2) is 9.78 Å². The second kappa shape index (κ2) is 9.20. The molecule has 2 heterocycles. The number of pyridine rings is 1. The third-order valence-electron chi connectivity index (χ3n) is 4.71. The van der Waals surface area contributed by atoms with Gasteiger partial charge in [0.2, 0.25) is 0 Å². The predicted octanol–water partition coefficient (Wildman–Crippen LogP) is 2.74. The van der Waals surface area contributed by atoms with Crippen LogP contribution in [0.1, 0.15) is 24.5 Å². The van der Waals surface area contributed by atoms with Gasteiger partial charge in [0, 0.05) is 39.0 Å². The maximum atomic E-state index is 12.2. The van der Waals surface area contributed by atoms with Crippen LogP contribution in [0.5, 0.6) is 0 Å². The Morgan fingerprint density at radius 2 is 1.92 bits per heavy atom. The Morgan fingerprint density at radius 1 is 1.19 bits per heavy atom. The Hall–Kier alpha value is -2.60. The average molecular weight is 354 g/mol. The van der Waals surface area contributed by atoms with E-state index in [9.17, 15) is 4.79 Å². The van der Waals surface area contributed by atoms with Gasteiger partial charge in [-0.1, -0.05) is 36.4 Å². The van der Waals surface area contributed by atoms with Gasteiger partial charge in [-0.3, -0.25) is 0 Å². The number of rotatable bonds is 6. The number of benzene rings is 1. The van der Waals surface area contributed by atoms with Gasteiger partial charge in [0.25, 0.3) is 0 Å². The van der Waals surface area contributed by atoms with Crippen molar-refractivity contribution in [3.63, 3.8) is 0 Å². The van der Waals surface area contributed by atoms with E-state index >= 15 is 0 Å². The first kappa shape index (κ1) is 18.2. The number of carbonyl (C=O) groups is 1. The van der Waals surface area contributed by atoms with Crippen LogP contribution < -0.4 is 15.5 Å². The van der Waals surface area contributed by atoms with Crippen molar-refractivity contribution in [1.82, 2.24) is 15.6 Å². The molecule has 0 spiro atoms. The van der Waals surface area contributed by atoms with Crippen LogP contribution in [0.25, 0.3) is 0 Å². The van der Waals surface area contributed by atoms with Crippen LogP contribution in [0.4, 0.5) is 10.6 Å². The van der Waals surface area contributed by atoms with Crippen LogP contribution in [0.15, 0.2) is 54.7 Å². The summed E-state index contributed by atoms with van der Waals surface area (Å²) in [5.41, 5.74) is 1.05. The van der Waals surface area contributed by atoms with Crippen molar-refractivity contribution < 1.29 is 9.53 Å². The number of nitrogens with zero attached hydrogens (tertiary/aromatic N) is 2. The molecule has 3 rings (SSSR count). The first-order valence-corrected chi connectivity index (χ1v) is 9.04. The van der Waals surface area contributed by atoms with Crippen molar-refractivity contribution in [2.75, 3.05) is 31.6 Å². The number of hydrogen-bond donors (Lipinski definition) is 2. The number of urea groups is 1. The van der Waals surface area contributed by atoms with E-state index in [-0.39, 0.29) is 18.2 Å². The first-order chi connectivity index (χ1) is 12.8. The summed E-state index contributed by atoms with van der Waals surface area (Å²) >= 11 is 0. The molecule has 138 valence electrons. The predicted molar refractivity (Wildman–Crippen MR) is 102 cm³/mol. The summed E-state index contributed by atoms with van der Waals surface area (Å²) in [5.74, 6) is 1.00. The minimum atomic E-state index is -0.145. The molecule has 2 amide bonds. The summed E-state index contributed by atoms with van der Waals surface area (Å²) in [6.45, 7) is 2.23. The van der Waals surface area contributed by atoms with E-state index in [2.05, 4.69) is 20.5 Å². The zero-order chi connectivity index (χ0) is 18.2. The highest BCUT2D eigenvalue weighted by atomic mass is 16.5. The van der Waals surface area contributed by atoms with E-state index in [0.29, 0.717) is 6.54 Å². The number of methoxy groups -OCH3 is 1. The fourth-order valence-electron chi connectivity index (χ4n) is 3.22. The number of anilines is 1. The van der Waals surface area contributed by atoms with Gasteiger partial charge in [0.05, 0.1) is 6.10 Å². The standard InChI is InChI=1S/C20H26N4O2/c1-26-18(16-7-3-2-4-8-16)15-22-20(25)23-17-10-13-24(14-11-17)19-9-5-6-12-21-19/h2-9,12,17-18H,10-11,13-15H2,1H3,(H2,22,23,25). The molecule has 1 atom stereocenters. The molecule has 6 heteroatoms. The quantitative estimate of drug-likeness (QED) is 0.837. The van der Waals surface area contributed by atoms with Crippen LogP contribution in [-0.4, -0.2) is 43.8 Å². The van der Waals surface area contributed by atoms with E-state index in [1.807, 2.05) is 54.7 Å². The Morgan fingerprint density at radius 3 is 2.58 bits per heavy atom. The van der Waals surface area contributed by atoms with E-state index < -0.39 is 0 Å². The molecular formula is C20H26N4O2. The van der Waals surface area contributed by atoms with Crippen molar-refractivity contribution in [3.05, 3.63) is 60.3 Å². The van der Waals surface area contributed by atoms with Crippen molar-refractivity contribution >= 4 is 11.8 Å². The maximum absolute atomic E-state index is 12.2. The SMILES string of the molecule is COC(CNC(=O)NC1CCN(c2ccccn2)CC1)c1ccccc1. The molecule has 2 N–H and O–H groups in total. The topological polar surface area (TPSA) is 66.5 Å². The smallest absolute Gasteiger partial charge is 0.315 e. The lowest BCUT2D eigenvalue weighted by atomic mass is 10.1. The molecule has 1 saturated heterocycles. The lowest BCUT2D eigenvalue weighted by molar-refractivity contribution is 0.104. The minimum Gasteiger partial charge on any atom is -0.375 e. The summed E-state index contributed by atoms with van der Waals surface area (Å²) < 4.78 is 5.48. The van der Waals surface area contributed by atoms with Crippen LogP contribution in [-0.2, 0) is 4.74 Å². The van der Waals surface area contributed by atoms with Gasteiger partial charge < -0.3 is 20.3 Å². The number of nitrogens with one attached hydrogen (secondary N) is 2. The number of aromatic nitrogens is 1. The molecule has 0 bridgehead atoms. The lowest BCUT2D eigenvalue weighted by Crippen LogP contribution is -2.48. The van der Waals surface area contributed by atoms with Crippen molar-refractivity contribution in [3.8, 4) is 0 Å². The van der Waals surface area contributed by atoms with E-state index in [1.165, 1.54) is 0 Å². The molecule has 2 aromatic rings.